The molecule has 128 valence electrons. The molecule has 1 aromatic heterocycles. The zero-order valence-electron chi connectivity index (χ0n) is 14.5. The van der Waals surface area contributed by atoms with Crippen LogP contribution in [-0.2, 0) is 6.61 Å². The fourth-order valence-electron chi connectivity index (χ4n) is 2.85. The van der Waals surface area contributed by atoms with Gasteiger partial charge in [0.15, 0.2) is 0 Å². The molecule has 0 radical (unpaired) electrons. The van der Waals surface area contributed by atoms with Gasteiger partial charge in [0.1, 0.15) is 22.2 Å². The van der Waals surface area contributed by atoms with Crippen LogP contribution in [-0.4, -0.2) is 28.9 Å². The zero-order chi connectivity index (χ0) is 17.1. The molecule has 24 heavy (non-hydrogen) atoms. The molecule has 1 aromatic carbocycles. The van der Waals surface area contributed by atoms with Crippen molar-refractivity contribution in [1.29, 1.82) is 0 Å². The summed E-state index contributed by atoms with van der Waals surface area (Å²) in [5.74, 6) is 1.67. The molecule has 1 aliphatic rings. The number of likely N-dealkylation sites (tertiary alicyclic amines) is 1. The standard InChI is InChI=1S/C19H24N2O2S/c1-13-4-6-16(7-5-13)23-12-17-20-15(3)18(24-17)19(22)21-10-8-14(2)9-11-21/h4-7,14H,8-12H2,1-3H3. The van der Waals surface area contributed by atoms with Crippen LogP contribution in [0.25, 0.3) is 0 Å². The largest absolute Gasteiger partial charge is 0.486 e. The summed E-state index contributed by atoms with van der Waals surface area (Å²) >= 11 is 1.46. The van der Waals surface area contributed by atoms with E-state index in [2.05, 4.69) is 11.9 Å². The number of ether oxygens (including phenoxy) is 1. The maximum absolute atomic E-state index is 12.7. The monoisotopic (exact) mass is 344 g/mol. The van der Waals surface area contributed by atoms with Crippen LogP contribution in [0.5, 0.6) is 5.75 Å². The fourth-order valence-corrected chi connectivity index (χ4v) is 3.79. The second-order valence-electron chi connectivity index (χ2n) is 6.60. The number of piperidine rings is 1. The number of nitrogens with zero attached hydrogens (tertiary/aromatic N) is 2. The van der Waals surface area contributed by atoms with E-state index in [0.29, 0.717) is 6.61 Å². The maximum atomic E-state index is 12.7. The Morgan fingerprint density at radius 1 is 1.25 bits per heavy atom. The van der Waals surface area contributed by atoms with Crippen LogP contribution in [0.3, 0.4) is 0 Å². The Bertz CT molecular complexity index is 701. The Hall–Kier alpha value is -1.88. The topological polar surface area (TPSA) is 42.4 Å². The molecule has 2 aromatic rings. The number of aromatic nitrogens is 1. The molecule has 1 amide bonds. The molecular weight excluding hydrogens is 320 g/mol. The third-order valence-electron chi connectivity index (χ3n) is 4.49. The summed E-state index contributed by atoms with van der Waals surface area (Å²) in [6.07, 6.45) is 2.18. The molecule has 2 heterocycles. The van der Waals surface area contributed by atoms with Gasteiger partial charge in [-0.25, -0.2) is 4.98 Å². The molecule has 0 aliphatic carbocycles. The third-order valence-corrected chi connectivity index (χ3v) is 5.61. The van der Waals surface area contributed by atoms with Gasteiger partial charge in [-0.1, -0.05) is 24.6 Å². The van der Waals surface area contributed by atoms with Crippen LogP contribution in [0.4, 0.5) is 0 Å². The van der Waals surface area contributed by atoms with E-state index in [1.807, 2.05) is 43.0 Å². The molecule has 0 N–H and O–H groups in total. The molecule has 1 aliphatic heterocycles. The summed E-state index contributed by atoms with van der Waals surface area (Å²) in [6.45, 7) is 8.32. The predicted octanol–water partition coefficient (Wildman–Crippen LogP) is 4.21. The van der Waals surface area contributed by atoms with Gasteiger partial charge in [0.05, 0.1) is 5.69 Å². The molecule has 0 bridgehead atoms. The first-order valence-electron chi connectivity index (χ1n) is 8.48. The van der Waals surface area contributed by atoms with Crippen molar-refractivity contribution in [2.45, 2.75) is 40.2 Å². The molecule has 0 spiro atoms. The van der Waals surface area contributed by atoms with Gasteiger partial charge in [-0.2, -0.15) is 0 Å². The van der Waals surface area contributed by atoms with Crippen molar-refractivity contribution < 1.29 is 9.53 Å². The van der Waals surface area contributed by atoms with Gasteiger partial charge >= 0.3 is 0 Å². The van der Waals surface area contributed by atoms with Crippen molar-refractivity contribution in [1.82, 2.24) is 9.88 Å². The lowest BCUT2D eigenvalue weighted by atomic mass is 9.99. The summed E-state index contributed by atoms with van der Waals surface area (Å²) in [6, 6.07) is 7.96. The molecule has 0 unspecified atom stereocenters. The Morgan fingerprint density at radius 2 is 1.92 bits per heavy atom. The minimum absolute atomic E-state index is 0.124. The second kappa shape index (κ2) is 7.34. The van der Waals surface area contributed by atoms with Gasteiger partial charge in [0.2, 0.25) is 0 Å². The number of thiazole rings is 1. The zero-order valence-corrected chi connectivity index (χ0v) is 15.4. The number of rotatable bonds is 4. The van der Waals surface area contributed by atoms with E-state index in [-0.39, 0.29) is 5.91 Å². The van der Waals surface area contributed by atoms with E-state index in [1.165, 1.54) is 16.9 Å². The molecule has 3 rings (SSSR count). The van der Waals surface area contributed by atoms with Crippen LogP contribution >= 0.6 is 11.3 Å². The van der Waals surface area contributed by atoms with Crippen LogP contribution in [0.1, 0.15) is 45.7 Å². The number of hydrogen-bond acceptors (Lipinski definition) is 4. The number of hydrogen-bond donors (Lipinski definition) is 0. The Morgan fingerprint density at radius 3 is 2.58 bits per heavy atom. The lowest BCUT2D eigenvalue weighted by Crippen LogP contribution is -2.37. The van der Waals surface area contributed by atoms with E-state index in [9.17, 15) is 4.79 Å². The van der Waals surface area contributed by atoms with E-state index in [4.69, 9.17) is 4.74 Å². The maximum Gasteiger partial charge on any atom is 0.265 e. The molecular formula is C19H24N2O2S. The molecule has 0 atom stereocenters. The van der Waals surface area contributed by atoms with E-state index >= 15 is 0 Å². The average Bonchev–Trinajstić information content (AvgIpc) is 2.95. The van der Waals surface area contributed by atoms with Gasteiger partial charge < -0.3 is 9.64 Å². The predicted molar refractivity (Wildman–Crippen MR) is 96.7 cm³/mol. The van der Waals surface area contributed by atoms with Crippen LogP contribution < -0.4 is 4.74 Å². The van der Waals surface area contributed by atoms with Gasteiger partial charge in [-0.15, -0.1) is 11.3 Å². The van der Waals surface area contributed by atoms with Gasteiger partial charge in [-0.05, 0) is 44.7 Å². The number of carbonyl (C=O) groups is 1. The Kier molecular flexibility index (Phi) is 5.19. The van der Waals surface area contributed by atoms with Crippen LogP contribution in [0.2, 0.25) is 0 Å². The average molecular weight is 344 g/mol. The van der Waals surface area contributed by atoms with Gasteiger partial charge in [-0.3, -0.25) is 4.79 Å². The minimum Gasteiger partial charge on any atom is -0.486 e. The molecule has 4 nitrogen and oxygen atoms in total. The lowest BCUT2D eigenvalue weighted by Gasteiger charge is -2.30. The fraction of sp³-hybridized carbons (Fsp3) is 0.474. The first-order valence-corrected chi connectivity index (χ1v) is 9.29. The summed E-state index contributed by atoms with van der Waals surface area (Å²) in [5.41, 5.74) is 2.02. The summed E-state index contributed by atoms with van der Waals surface area (Å²) in [5, 5.41) is 0.849. The first-order chi connectivity index (χ1) is 11.5. The van der Waals surface area contributed by atoms with Crippen molar-refractivity contribution in [2.24, 2.45) is 5.92 Å². The number of carbonyl (C=O) groups excluding carboxylic acids is 1. The molecule has 1 fully saturated rings. The summed E-state index contributed by atoms with van der Waals surface area (Å²) in [4.78, 5) is 19.9. The molecule has 5 heteroatoms. The smallest absolute Gasteiger partial charge is 0.265 e. The third kappa shape index (κ3) is 3.96. The van der Waals surface area contributed by atoms with E-state index in [1.54, 1.807) is 0 Å². The first kappa shape index (κ1) is 17.0. The van der Waals surface area contributed by atoms with Crippen molar-refractivity contribution >= 4 is 17.2 Å². The minimum atomic E-state index is 0.124. The highest BCUT2D eigenvalue weighted by Crippen LogP contribution is 2.24. The summed E-state index contributed by atoms with van der Waals surface area (Å²) < 4.78 is 5.78. The molecule has 0 saturated carbocycles. The van der Waals surface area contributed by atoms with Crippen molar-refractivity contribution in [2.75, 3.05) is 13.1 Å². The highest BCUT2D eigenvalue weighted by atomic mass is 32.1. The Labute approximate surface area is 147 Å². The van der Waals surface area contributed by atoms with Gasteiger partial charge in [0.25, 0.3) is 5.91 Å². The van der Waals surface area contributed by atoms with Crippen LogP contribution in [0, 0.1) is 19.8 Å². The summed E-state index contributed by atoms with van der Waals surface area (Å²) in [7, 11) is 0. The van der Waals surface area contributed by atoms with Gasteiger partial charge in [0, 0.05) is 13.1 Å². The van der Waals surface area contributed by atoms with Crippen LogP contribution in [0.15, 0.2) is 24.3 Å². The van der Waals surface area contributed by atoms with Crippen molar-refractivity contribution in [3.63, 3.8) is 0 Å². The van der Waals surface area contributed by atoms with Crippen molar-refractivity contribution in [3.05, 3.63) is 45.4 Å². The highest BCUT2D eigenvalue weighted by molar-refractivity contribution is 7.13. The molecule has 1 saturated heterocycles. The van der Waals surface area contributed by atoms with E-state index < -0.39 is 0 Å². The highest BCUT2D eigenvalue weighted by Gasteiger charge is 2.25. The quantitative estimate of drug-likeness (QED) is 0.834. The second-order valence-corrected chi connectivity index (χ2v) is 7.68. The lowest BCUT2D eigenvalue weighted by molar-refractivity contribution is 0.0701. The Balaban J connectivity index is 1.64. The normalized spacial score (nSPS) is 15.5. The number of aryl methyl sites for hydroxylation is 2. The van der Waals surface area contributed by atoms with E-state index in [0.717, 1.165) is 53.2 Å². The number of amides is 1. The van der Waals surface area contributed by atoms with Crippen molar-refractivity contribution in [3.8, 4) is 5.75 Å². The number of benzene rings is 1. The SMILES string of the molecule is Cc1ccc(OCc2nc(C)c(C(=O)N3CCC(C)CC3)s2)cc1.